The molecule has 0 aliphatic carbocycles. The molecule has 0 fully saturated rings. The molecule has 102 valence electrons. The molecule has 0 aliphatic rings. The highest BCUT2D eigenvalue weighted by molar-refractivity contribution is 5.50. The fourth-order valence-electron chi connectivity index (χ4n) is 1.57. The summed E-state index contributed by atoms with van der Waals surface area (Å²) in [5.74, 6) is 0.629. The first-order valence-electron chi connectivity index (χ1n) is 5.54. The highest BCUT2D eigenvalue weighted by atomic mass is 19.4. The smallest absolute Gasteiger partial charge is 0.390 e. The Kier molecular flexibility index (Phi) is 4.84. The van der Waals surface area contributed by atoms with Gasteiger partial charge in [-0.25, -0.2) is 0 Å². The van der Waals surface area contributed by atoms with Crippen molar-refractivity contribution in [2.75, 3.05) is 12.8 Å². The first kappa shape index (κ1) is 14.6. The Balaban J connectivity index is 2.57. The van der Waals surface area contributed by atoms with Gasteiger partial charge in [-0.2, -0.15) is 13.2 Å². The van der Waals surface area contributed by atoms with Crippen molar-refractivity contribution in [1.82, 2.24) is 5.32 Å². The first-order chi connectivity index (χ1) is 8.31. The highest BCUT2D eigenvalue weighted by Crippen LogP contribution is 2.22. The molecule has 3 N–H and O–H groups in total. The number of nitrogens with one attached hydrogen (secondary N) is 1. The maximum Gasteiger partial charge on any atom is 0.390 e. The van der Waals surface area contributed by atoms with Crippen LogP contribution in [0.5, 0.6) is 5.75 Å². The van der Waals surface area contributed by atoms with Crippen LogP contribution in [0.3, 0.4) is 0 Å². The van der Waals surface area contributed by atoms with Crippen LogP contribution in [0.4, 0.5) is 18.9 Å². The lowest BCUT2D eigenvalue weighted by Crippen LogP contribution is -2.30. The van der Waals surface area contributed by atoms with Crippen molar-refractivity contribution in [3.63, 3.8) is 0 Å². The van der Waals surface area contributed by atoms with E-state index >= 15 is 0 Å². The van der Waals surface area contributed by atoms with Crippen LogP contribution in [0, 0.1) is 0 Å². The zero-order valence-corrected chi connectivity index (χ0v) is 10.3. The summed E-state index contributed by atoms with van der Waals surface area (Å²) in [5.41, 5.74) is 7.00. The summed E-state index contributed by atoms with van der Waals surface area (Å²) in [6.45, 7) is 1.77. The Morgan fingerprint density at radius 2 is 2.06 bits per heavy atom. The van der Waals surface area contributed by atoms with E-state index in [0.29, 0.717) is 11.4 Å². The number of methoxy groups -OCH3 is 1. The molecule has 1 atom stereocenters. The maximum absolute atomic E-state index is 12.1. The summed E-state index contributed by atoms with van der Waals surface area (Å²) < 4.78 is 41.5. The van der Waals surface area contributed by atoms with Crippen LogP contribution in [0.25, 0.3) is 0 Å². The van der Waals surface area contributed by atoms with Crippen molar-refractivity contribution in [3.05, 3.63) is 23.8 Å². The Bertz CT molecular complexity index is 393. The first-order valence-corrected chi connectivity index (χ1v) is 5.54. The second-order valence-corrected chi connectivity index (χ2v) is 4.17. The summed E-state index contributed by atoms with van der Waals surface area (Å²) >= 11 is 0. The zero-order chi connectivity index (χ0) is 13.8. The molecular weight excluding hydrogens is 245 g/mol. The van der Waals surface area contributed by atoms with Crippen LogP contribution in [-0.4, -0.2) is 19.3 Å². The number of alkyl halides is 3. The van der Waals surface area contributed by atoms with Crippen molar-refractivity contribution >= 4 is 5.69 Å². The lowest BCUT2D eigenvalue weighted by Gasteiger charge is -2.16. The van der Waals surface area contributed by atoms with Gasteiger partial charge < -0.3 is 15.8 Å². The monoisotopic (exact) mass is 262 g/mol. The molecule has 6 heteroatoms. The number of hydrogen-bond acceptors (Lipinski definition) is 3. The maximum atomic E-state index is 12.1. The highest BCUT2D eigenvalue weighted by Gasteiger charge is 2.29. The van der Waals surface area contributed by atoms with E-state index in [2.05, 4.69) is 5.32 Å². The van der Waals surface area contributed by atoms with Gasteiger partial charge in [-0.3, -0.25) is 0 Å². The lowest BCUT2D eigenvalue weighted by molar-refractivity contribution is -0.139. The predicted octanol–water partition coefficient (Wildman–Crippen LogP) is 2.71. The van der Waals surface area contributed by atoms with E-state index in [1.807, 2.05) is 0 Å². The number of nitrogens with two attached hydrogens (primary N) is 1. The minimum absolute atomic E-state index is 0.278. The Morgan fingerprint density at radius 1 is 1.39 bits per heavy atom. The molecule has 0 saturated heterocycles. The molecule has 0 spiro atoms. The number of halogens is 3. The van der Waals surface area contributed by atoms with Crippen molar-refractivity contribution in [3.8, 4) is 5.75 Å². The van der Waals surface area contributed by atoms with Crippen LogP contribution < -0.4 is 15.8 Å². The Hall–Kier alpha value is -1.43. The second kappa shape index (κ2) is 5.95. The van der Waals surface area contributed by atoms with Crippen LogP contribution in [-0.2, 0) is 6.54 Å². The van der Waals surface area contributed by atoms with Gasteiger partial charge in [0.15, 0.2) is 0 Å². The number of rotatable bonds is 5. The minimum atomic E-state index is -4.16. The van der Waals surface area contributed by atoms with Crippen LogP contribution in [0.1, 0.15) is 18.9 Å². The van der Waals surface area contributed by atoms with Crippen LogP contribution in [0.15, 0.2) is 18.2 Å². The van der Waals surface area contributed by atoms with Gasteiger partial charge in [0.2, 0.25) is 0 Å². The number of nitrogen functional groups attached to an aromatic ring is 1. The number of ether oxygens (including phenoxy) is 1. The summed E-state index contributed by atoms with van der Waals surface area (Å²) in [4.78, 5) is 0. The molecular formula is C12H17F3N2O. The summed E-state index contributed by atoms with van der Waals surface area (Å²) in [7, 11) is 1.52. The Morgan fingerprint density at radius 3 is 2.61 bits per heavy atom. The van der Waals surface area contributed by atoms with Crippen molar-refractivity contribution < 1.29 is 17.9 Å². The molecule has 0 aromatic heterocycles. The van der Waals surface area contributed by atoms with Gasteiger partial charge >= 0.3 is 6.18 Å². The molecule has 0 bridgehead atoms. The molecule has 1 rings (SSSR count). The fraction of sp³-hybridized carbons (Fsp3) is 0.500. The summed E-state index contributed by atoms with van der Waals surface area (Å²) in [5, 5.41) is 2.79. The van der Waals surface area contributed by atoms with E-state index in [0.717, 1.165) is 5.56 Å². The second-order valence-electron chi connectivity index (χ2n) is 4.17. The van der Waals surface area contributed by atoms with Gasteiger partial charge in [0.05, 0.1) is 13.5 Å². The van der Waals surface area contributed by atoms with Gasteiger partial charge in [0.25, 0.3) is 0 Å². The molecule has 0 saturated carbocycles. The SMILES string of the molecule is COc1ccc(N)c(CNC(C)CC(F)(F)F)c1. The van der Waals surface area contributed by atoms with Crippen molar-refractivity contribution in [1.29, 1.82) is 0 Å². The van der Waals surface area contributed by atoms with Gasteiger partial charge in [0, 0.05) is 18.3 Å². The molecule has 1 aromatic rings. The van der Waals surface area contributed by atoms with Gasteiger partial charge in [-0.05, 0) is 30.7 Å². The molecule has 0 heterocycles. The third-order valence-electron chi connectivity index (χ3n) is 2.53. The average Bonchev–Trinajstić information content (AvgIpc) is 2.25. The number of hydrogen-bond donors (Lipinski definition) is 2. The van der Waals surface area contributed by atoms with E-state index in [1.54, 1.807) is 18.2 Å². The van der Waals surface area contributed by atoms with E-state index < -0.39 is 18.6 Å². The van der Waals surface area contributed by atoms with Crippen molar-refractivity contribution in [2.24, 2.45) is 0 Å². The summed E-state index contributed by atoms with van der Waals surface area (Å²) in [6, 6.07) is 4.43. The summed E-state index contributed by atoms with van der Waals surface area (Å²) in [6.07, 6.45) is -5.02. The third kappa shape index (κ3) is 4.83. The normalized spacial score (nSPS) is 13.4. The zero-order valence-electron chi connectivity index (χ0n) is 10.3. The predicted molar refractivity (Wildman–Crippen MR) is 64.4 cm³/mol. The fourth-order valence-corrected chi connectivity index (χ4v) is 1.57. The van der Waals surface area contributed by atoms with Crippen LogP contribution in [0.2, 0.25) is 0 Å². The third-order valence-corrected chi connectivity index (χ3v) is 2.53. The molecule has 1 aromatic carbocycles. The topological polar surface area (TPSA) is 47.3 Å². The van der Waals surface area contributed by atoms with Crippen LogP contribution >= 0.6 is 0 Å². The standard InChI is InChI=1S/C12H17F3N2O/c1-8(6-12(13,14)15)17-7-9-5-10(18-2)3-4-11(9)16/h3-5,8,17H,6-7,16H2,1-2H3. The van der Waals surface area contributed by atoms with E-state index in [9.17, 15) is 13.2 Å². The number of anilines is 1. The minimum Gasteiger partial charge on any atom is -0.497 e. The lowest BCUT2D eigenvalue weighted by atomic mass is 10.1. The molecule has 18 heavy (non-hydrogen) atoms. The quantitative estimate of drug-likeness (QED) is 0.802. The van der Waals surface area contributed by atoms with E-state index in [1.165, 1.54) is 14.0 Å². The molecule has 0 amide bonds. The van der Waals surface area contributed by atoms with E-state index in [4.69, 9.17) is 10.5 Å². The molecule has 3 nitrogen and oxygen atoms in total. The van der Waals surface area contributed by atoms with Gasteiger partial charge in [-0.1, -0.05) is 0 Å². The van der Waals surface area contributed by atoms with Gasteiger partial charge in [-0.15, -0.1) is 0 Å². The van der Waals surface area contributed by atoms with E-state index in [-0.39, 0.29) is 6.54 Å². The Labute approximate surface area is 104 Å². The van der Waals surface area contributed by atoms with Crippen molar-refractivity contribution in [2.45, 2.75) is 32.1 Å². The molecule has 1 unspecified atom stereocenters. The molecule has 0 aliphatic heterocycles. The molecule has 0 radical (unpaired) electrons. The largest absolute Gasteiger partial charge is 0.497 e. The number of benzene rings is 1. The average molecular weight is 262 g/mol. The van der Waals surface area contributed by atoms with Gasteiger partial charge in [0.1, 0.15) is 5.75 Å².